The number of rotatable bonds is 1. The summed E-state index contributed by atoms with van der Waals surface area (Å²) in [6.45, 7) is 1.14. The zero-order chi connectivity index (χ0) is 14.2. The van der Waals surface area contributed by atoms with Gasteiger partial charge in [0.05, 0.1) is 0 Å². The van der Waals surface area contributed by atoms with Crippen LogP contribution in [0.1, 0.15) is 0 Å². The minimum absolute atomic E-state index is 0.409. The molecule has 0 aliphatic carbocycles. The second-order valence-corrected chi connectivity index (χ2v) is 5.10. The smallest absolute Gasteiger partial charge is 0.162 e. The van der Waals surface area contributed by atoms with Crippen molar-refractivity contribution in [2.75, 3.05) is 13.2 Å². The van der Waals surface area contributed by atoms with Crippen molar-refractivity contribution < 1.29 is 9.47 Å². The number of hydrogen-bond donors (Lipinski definition) is 0. The molecule has 0 amide bonds. The van der Waals surface area contributed by atoms with Gasteiger partial charge < -0.3 is 9.47 Å². The number of hydrogen-bond acceptors (Lipinski definition) is 4. The van der Waals surface area contributed by atoms with E-state index in [0.29, 0.717) is 18.4 Å². The summed E-state index contributed by atoms with van der Waals surface area (Å²) < 4.78 is 11.2. The number of benzene rings is 2. The zero-order valence-electron chi connectivity index (χ0n) is 11.0. The van der Waals surface area contributed by atoms with Gasteiger partial charge in [0.25, 0.3) is 0 Å². The van der Waals surface area contributed by atoms with E-state index in [0.717, 1.165) is 33.5 Å². The Kier molecular flexibility index (Phi) is 2.89. The lowest BCUT2D eigenvalue weighted by atomic mass is 10.0. The van der Waals surface area contributed by atoms with Crippen molar-refractivity contribution >= 4 is 22.4 Å². The molecule has 4 nitrogen and oxygen atoms in total. The Labute approximate surface area is 126 Å². The molecule has 2 heterocycles. The van der Waals surface area contributed by atoms with Crippen LogP contribution < -0.4 is 9.47 Å². The van der Waals surface area contributed by atoms with Gasteiger partial charge in [-0.25, -0.2) is 0 Å². The van der Waals surface area contributed by atoms with Gasteiger partial charge in [-0.05, 0) is 18.2 Å². The molecule has 1 aliphatic rings. The van der Waals surface area contributed by atoms with Gasteiger partial charge in [-0.3, -0.25) is 0 Å². The maximum atomic E-state index is 6.11. The molecule has 0 N–H and O–H groups in total. The predicted molar refractivity (Wildman–Crippen MR) is 81.0 cm³/mol. The molecule has 0 bridgehead atoms. The third kappa shape index (κ3) is 2.08. The fourth-order valence-corrected chi connectivity index (χ4v) is 2.68. The van der Waals surface area contributed by atoms with Gasteiger partial charge in [-0.2, -0.15) is 0 Å². The summed E-state index contributed by atoms with van der Waals surface area (Å²) in [4.78, 5) is 0. The van der Waals surface area contributed by atoms with E-state index in [2.05, 4.69) is 10.2 Å². The topological polar surface area (TPSA) is 44.2 Å². The molecular weight excluding hydrogens is 288 g/mol. The third-order valence-electron chi connectivity index (χ3n) is 3.46. The van der Waals surface area contributed by atoms with E-state index in [1.165, 1.54) is 0 Å². The minimum Gasteiger partial charge on any atom is -0.486 e. The average molecular weight is 299 g/mol. The summed E-state index contributed by atoms with van der Waals surface area (Å²) in [6.07, 6.45) is 0. The fraction of sp³-hybridized carbons (Fsp3) is 0.125. The summed E-state index contributed by atoms with van der Waals surface area (Å²) in [5.41, 5.74) is 1.71. The third-order valence-corrected chi connectivity index (χ3v) is 3.74. The number of ether oxygens (including phenoxy) is 2. The van der Waals surface area contributed by atoms with E-state index in [1.807, 2.05) is 42.5 Å². The molecule has 0 saturated heterocycles. The van der Waals surface area contributed by atoms with E-state index in [4.69, 9.17) is 21.1 Å². The molecule has 1 aliphatic heterocycles. The fourth-order valence-electron chi connectivity index (χ4n) is 2.48. The van der Waals surface area contributed by atoms with Crippen molar-refractivity contribution in [1.29, 1.82) is 0 Å². The van der Waals surface area contributed by atoms with Crippen molar-refractivity contribution in [3.63, 3.8) is 0 Å². The Morgan fingerprint density at radius 1 is 0.857 bits per heavy atom. The van der Waals surface area contributed by atoms with Crippen LogP contribution in [0.4, 0.5) is 0 Å². The lowest BCUT2D eigenvalue weighted by Crippen LogP contribution is -2.15. The zero-order valence-corrected chi connectivity index (χ0v) is 11.8. The molecule has 1 aromatic heterocycles. The molecule has 0 radical (unpaired) electrons. The van der Waals surface area contributed by atoms with Crippen LogP contribution in [0.5, 0.6) is 11.5 Å². The van der Waals surface area contributed by atoms with Crippen molar-refractivity contribution in [3.8, 4) is 22.8 Å². The summed E-state index contributed by atoms with van der Waals surface area (Å²) >= 11 is 6.11. The van der Waals surface area contributed by atoms with Gasteiger partial charge in [-0.15, -0.1) is 10.2 Å². The summed E-state index contributed by atoms with van der Waals surface area (Å²) in [5, 5.41) is 10.6. The number of aromatic nitrogens is 2. The van der Waals surface area contributed by atoms with Gasteiger partial charge >= 0.3 is 0 Å². The molecule has 104 valence electrons. The lowest BCUT2D eigenvalue weighted by molar-refractivity contribution is 0.171. The van der Waals surface area contributed by atoms with Crippen LogP contribution >= 0.6 is 11.6 Å². The minimum atomic E-state index is 0.409. The van der Waals surface area contributed by atoms with Gasteiger partial charge in [0.15, 0.2) is 16.7 Å². The summed E-state index contributed by atoms with van der Waals surface area (Å²) in [7, 11) is 0. The van der Waals surface area contributed by atoms with Crippen molar-refractivity contribution in [1.82, 2.24) is 10.2 Å². The molecule has 3 aromatic rings. The Bertz CT molecular complexity index is 836. The highest BCUT2D eigenvalue weighted by atomic mass is 35.5. The largest absolute Gasteiger partial charge is 0.486 e. The molecule has 5 heteroatoms. The molecule has 0 spiro atoms. The summed E-state index contributed by atoms with van der Waals surface area (Å²) in [6, 6.07) is 13.6. The SMILES string of the molecule is Clc1nnc(-c2ccc3c(c2)OCCO3)c2ccccc12. The molecule has 4 rings (SSSR count). The predicted octanol–water partition coefficient (Wildman–Crippen LogP) is 3.72. The van der Waals surface area contributed by atoms with E-state index in [-0.39, 0.29) is 0 Å². The Balaban J connectivity index is 1.92. The van der Waals surface area contributed by atoms with Crippen LogP contribution in [-0.2, 0) is 0 Å². The van der Waals surface area contributed by atoms with Gasteiger partial charge in [-0.1, -0.05) is 35.9 Å². The van der Waals surface area contributed by atoms with Gasteiger partial charge in [0.2, 0.25) is 0 Å². The highest BCUT2D eigenvalue weighted by molar-refractivity contribution is 6.34. The first-order valence-electron chi connectivity index (χ1n) is 6.64. The standard InChI is InChI=1S/C16H11ClN2O2/c17-16-12-4-2-1-3-11(12)15(18-19-16)10-5-6-13-14(9-10)21-8-7-20-13/h1-6,9H,7-8H2. The number of nitrogens with zero attached hydrogens (tertiary/aromatic N) is 2. The van der Waals surface area contributed by atoms with E-state index in [9.17, 15) is 0 Å². The number of fused-ring (bicyclic) bond motifs is 2. The monoisotopic (exact) mass is 298 g/mol. The molecular formula is C16H11ClN2O2. The van der Waals surface area contributed by atoms with Crippen molar-refractivity contribution in [3.05, 3.63) is 47.6 Å². The molecule has 0 unspecified atom stereocenters. The molecule has 0 fully saturated rings. The highest BCUT2D eigenvalue weighted by Crippen LogP contribution is 2.36. The summed E-state index contributed by atoms with van der Waals surface area (Å²) in [5.74, 6) is 1.50. The van der Waals surface area contributed by atoms with E-state index < -0.39 is 0 Å². The van der Waals surface area contributed by atoms with Crippen LogP contribution in [0.2, 0.25) is 5.15 Å². The molecule has 2 aromatic carbocycles. The van der Waals surface area contributed by atoms with Crippen LogP contribution in [0.15, 0.2) is 42.5 Å². The Morgan fingerprint density at radius 2 is 1.62 bits per heavy atom. The Morgan fingerprint density at radius 3 is 2.48 bits per heavy atom. The second kappa shape index (κ2) is 4.90. The first kappa shape index (κ1) is 12.4. The van der Waals surface area contributed by atoms with Crippen LogP contribution in [0, 0.1) is 0 Å². The van der Waals surface area contributed by atoms with E-state index >= 15 is 0 Å². The van der Waals surface area contributed by atoms with Crippen LogP contribution in [0.25, 0.3) is 22.0 Å². The number of halogens is 1. The molecule has 0 atom stereocenters. The molecule has 0 saturated carbocycles. The normalized spacial score (nSPS) is 13.4. The first-order valence-corrected chi connectivity index (χ1v) is 7.02. The maximum Gasteiger partial charge on any atom is 0.162 e. The van der Waals surface area contributed by atoms with Crippen LogP contribution in [-0.4, -0.2) is 23.4 Å². The first-order chi connectivity index (χ1) is 10.3. The van der Waals surface area contributed by atoms with Gasteiger partial charge in [0.1, 0.15) is 18.9 Å². The Hall–Kier alpha value is -2.33. The quantitative estimate of drug-likeness (QED) is 0.687. The van der Waals surface area contributed by atoms with Crippen LogP contribution in [0.3, 0.4) is 0 Å². The second-order valence-electron chi connectivity index (χ2n) is 4.74. The maximum absolute atomic E-state index is 6.11. The van der Waals surface area contributed by atoms with Gasteiger partial charge in [0, 0.05) is 16.3 Å². The van der Waals surface area contributed by atoms with E-state index in [1.54, 1.807) is 0 Å². The van der Waals surface area contributed by atoms with Crippen molar-refractivity contribution in [2.24, 2.45) is 0 Å². The highest BCUT2D eigenvalue weighted by Gasteiger charge is 2.15. The average Bonchev–Trinajstić information content (AvgIpc) is 2.55. The molecule has 21 heavy (non-hydrogen) atoms. The van der Waals surface area contributed by atoms with Crippen molar-refractivity contribution in [2.45, 2.75) is 0 Å². The lowest BCUT2D eigenvalue weighted by Gasteiger charge is -2.19.